The first-order valence-corrected chi connectivity index (χ1v) is 7.44. The van der Waals surface area contributed by atoms with Gasteiger partial charge in [0.2, 0.25) is 0 Å². The molecule has 108 valence electrons. The first-order valence-electron chi connectivity index (χ1n) is 7.44. The molecule has 1 saturated heterocycles. The Labute approximate surface area is 114 Å². The van der Waals surface area contributed by atoms with Crippen LogP contribution in [0.5, 0.6) is 0 Å². The summed E-state index contributed by atoms with van der Waals surface area (Å²) >= 11 is 0. The lowest BCUT2D eigenvalue weighted by Crippen LogP contribution is -2.60. The fraction of sp³-hybridized carbons (Fsp3) is 0.857. The van der Waals surface area contributed by atoms with Crippen molar-refractivity contribution in [1.82, 2.24) is 10.2 Å². The number of aliphatic carboxylic acids is 1. The molecule has 2 fully saturated rings. The first kappa shape index (κ1) is 14.2. The van der Waals surface area contributed by atoms with Crippen LogP contribution in [0.2, 0.25) is 0 Å². The van der Waals surface area contributed by atoms with Crippen LogP contribution in [0.15, 0.2) is 0 Å². The minimum atomic E-state index is -0.865. The molecule has 1 aliphatic heterocycles. The summed E-state index contributed by atoms with van der Waals surface area (Å²) < 4.78 is 0. The normalized spacial score (nSPS) is 30.6. The van der Waals surface area contributed by atoms with E-state index in [0.717, 1.165) is 32.1 Å². The summed E-state index contributed by atoms with van der Waals surface area (Å²) in [6.07, 6.45) is 6.80. The summed E-state index contributed by atoms with van der Waals surface area (Å²) in [6, 6.07) is -0.706. The van der Waals surface area contributed by atoms with Crippen LogP contribution in [0.25, 0.3) is 0 Å². The third-order valence-electron chi connectivity index (χ3n) is 4.42. The van der Waals surface area contributed by atoms with Gasteiger partial charge >= 0.3 is 12.0 Å². The molecule has 0 aromatic heterocycles. The standard InChI is InChI=1S/C14H24N2O3/c1-2-9-15-14(19)16-11-6-4-3-5-10(11)7-8-12(16)13(17)18/h10-12H,2-9H2,1H3,(H,15,19)(H,17,18). The molecular formula is C14H24N2O3. The number of carboxylic acid groups (broad SMARTS) is 1. The molecule has 3 unspecified atom stereocenters. The van der Waals surface area contributed by atoms with Gasteiger partial charge in [-0.1, -0.05) is 19.8 Å². The van der Waals surface area contributed by atoms with Crippen LogP contribution in [0.3, 0.4) is 0 Å². The van der Waals surface area contributed by atoms with Gasteiger partial charge in [-0.05, 0) is 38.0 Å². The van der Waals surface area contributed by atoms with E-state index in [1.54, 1.807) is 4.90 Å². The molecule has 0 aromatic carbocycles. The molecule has 2 aliphatic rings. The van der Waals surface area contributed by atoms with Gasteiger partial charge in [-0.2, -0.15) is 0 Å². The third kappa shape index (κ3) is 3.01. The van der Waals surface area contributed by atoms with Crippen LogP contribution >= 0.6 is 0 Å². The zero-order valence-corrected chi connectivity index (χ0v) is 11.6. The first-order chi connectivity index (χ1) is 9.15. The molecule has 1 heterocycles. The molecular weight excluding hydrogens is 244 g/mol. The molecule has 1 saturated carbocycles. The molecule has 2 amide bonds. The number of urea groups is 1. The number of likely N-dealkylation sites (tertiary alicyclic amines) is 1. The van der Waals surface area contributed by atoms with Crippen LogP contribution in [0, 0.1) is 5.92 Å². The van der Waals surface area contributed by atoms with E-state index in [2.05, 4.69) is 5.32 Å². The van der Waals surface area contributed by atoms with Crippen molar-refractivity contribution in [2.45, 2.75) is 64.0 Å². The molecule has 19 heavy (non-hydrogen) atoms. The average Bonchev–Trinajstić information content (AvgIpc) is 2.43. The van der Waals surface area contributed by atoms with Gasteiger partial charge < -0.3 is 15.3 Å². The van der Waals surface area contributed by atoms with Crippen LogP contribution in [0.4, 0.5) is 4.79 Å². The SMILES string of the molecule is CCCNC(=O)N1C(C(=O)O)CCC2CCCCC21. The highest BCUT2D eigenvalue weighted by Gasteiger charge is 2.43. The van der Waals surface area contributed by atoms with Crippen molar-refractivity contribution < 1.29 is 14.7 Å². The Morgan fingerprint density at radius 2 is 1.95 bits per heavy atom. The fourth-order valence-electron chi connectivity index (χ4n) is 3.49. The van der Waals surface area contributed by atoms with Crippen molar-refractivity contribution in [1.29, 1.82) is 0 Å². The number of carbonyl (C=O) groups is 2. The molecule has 5 nitrogen and oxygen atoms in total. The van der Waals surface area contributed by atoms with E-state index >= 15 is 0 Å². The number of nitrogens with zero attached hydrogens (tertiary/aromatic N) is 1. The fourth-order valence-corrected chi connectivity index (χ4v) is 3.49. The highest BCUT2D eigenvalue weighted by atomic mass is 16.4. The van der Waals surface area contributed by atoms with E-state index in [4.69, 9.17) is 0 Å². The summed E-state index contributed by atoms with van der Waals surface area (Å²) in [7, 11) is 0. The number of amides is 2. The second kappa shape index (κ2) is 6.26. The van der Waals surface area contributed by atoms with E-state index < -0.39 is 12.0 Å². The number of fused-ring (bicyclic) bond motifs is 1. The quantitative estimate of drug-likeness (QED) is 0.824. The predicted octanol–water partition coefficient (Wildman–Crippen LogP) is 2.21. The van der Waals surface area contributed by atoms with Crippen LogP contribution < -0.4 is 5.32 Å². The minimum absolute atomic E-state index is 0.125. The van der Waals surface area contributed by atoms with Crippen molar-refractivity contribution in [3.63, 3.8) is 0 Å². The lowest BCUT2D eigenvalue weighted by Gasteiger charge is -2.46. The molecule has 0 spiro atoms. The molecule has 0 radical (unpaired) electrons. The Kier molecular flexibility index (Phi) is 4.66. The highest BCUT2D eigenvalue weighted by Crippen LogP contribution is 2.37. The van der Waals surface area contributed by atoms with Gasteiger partial charge in [0, 0.05) is 12.6 Å². The van der Waals surface area contributed by atoms with Crippen molar-refractivity contribution >= 4 is 12.0 Å². The largest absolute Gasteiger partial charge is 0.480 e. The highest BCUT2D eigenvalue weighted by molar-refractivity contribution is 5.83. The van der Waals surface area contributed by atoms with Gasteiger partial charge in [0.05, 0.1) is 0 Å². The summed E-state index contributed by atoms with van der Waals surface area (Å²) in [5, 5.41) is 12.2. The van der Waals surface area contributed by atoms with Crippen molar-refractivity contribution in [2.75, 3.05) is 6.54 Å². The maximum absolute atomic E-state index is 12.3. The molecule has 0 bridgehead atoms. The summed E-state index contributed by atoms with van der Waals surface area (Å²) in [4.78, 5) is 25.3. The van der Waals surface area contributed by atoms with Gasteiger partial charge in [0.25, 0.3) is 0 Å². The maximum atomic E-state index is 12.3. The van der Waals surface area contributed by atoms with Crippen LogP contribution in [-0.4, -0.2) is 40.6 Å². The average molecular weight is 268 g/mol. The van der Waals surface area contributed by atoms with E-state index in [1.807, 2.05) is 6.92 Å². The lowest BCUT2D eigenvalue weighted by atomic mass is 9.76. The minimum Gasteiger partial charge on any atom is -0.480 e. The Bertz CT molecular complexity index is 346. The Morgan fingerprint density at radius 3 is 2.63 bits per heavy atom. The van der Waals surface area contributed by atoms with E-state index in [-0.39, 0.29) is 12.1 Å². The summed E-state index contributed by atoms with van der Waals surface area (Å²) in [5.41, 5.74) is 0. The second-order valence-corrected chi connectivity index (χ2v) is 5.68. The van der Waals surface area contributed by atoms with Crippen LogP contribution in [0.1, 0.15) is 51.9 Å². The van der Waals surface area contributed by atoms with E-state index in [9.17, 15) is 14.7 Å². The maximum Gasteiger partial charge on any atom is 0.326 e. The number of carbonyl (C=O) groups excluding carboxylic acids is 1. The molecule has 3 atom stereocenters. The monoisotopic (exact) mass is 268 g/mol. The predicted molar refractivity (Wildman–Crippen MR) is 71.9 cm³/mol. The number of piperidine rings is 1. The molecule has 0 aromatic rings. The molecule has 2 N–H and O–H groups in total. The second-order valence-electron chi connectivity index (χ2n) is 5.68. The molecule has 5 heteroatoms. The third-order valence-corrected chi connectivity index (χ3v) is 4.42. The molecule has 2 rings (SSSR count). The van der Waals surface area contributed by atoms with Crippen LogP contribution in [-0.2, 0) is 4.79 Å². The Hall–Kier alpha value is -1.26. The van der Waals surface area contributed by atoms with Gasteiger partial charge in [0.1, 0.15) is 6.04 Å². The van der Waals surface area contributed by atoms with E-state index in [1.165, 1.54) is 6.42 Å². The van der Waals surface area contributed by atoms with Crippen molar-refractivity contribution in [2.24, 2.45) is 5.92 Å². The smallest absolute Gasteiger partial charge is 0.326 e. The Morgan fingerprint density at radius 1 is 1.21 bits per heavy atom. The number of rotatable bonds is 3. The zero-order chi connectivity index (χ0) is 13.8. The van der Waals surface area contributed by atoms with E-state index in [0.29, 0.717) is 18.9 Å². The number of hydrogen-bond acceptors (Lipinski definition) is 2. The van der Waals surface area contributed by atoms with Gasteiger partial charge in [0.15, 0.2) is 0 Å². The Balaban J connectivity index is 2.14. The number of hydrogen-bond donors (Lipinski definition) is 2. The number of nitrogens with one attached hydrogen (secondary N) is 1. The van der Waals surface area contributed by atoms with Crippen molar-refractivity contribution in [3.8, 4) is 0 Å². The van der Waals surface area contributed by atoms with Gasteiger partial charge in [-0.15, -0.1) is 0 Å². The zero-order valence-electron chi connectivity index (χ0n) is 11.6. The van der Waals surface area contributed by atoms with Gasteiger partial charge in [-0.25, -0.2) is 9.59 Å². The van der Waals surface area contributed by atoms with Crippen molar-refractivity contribution in [3.05, 3.63) is 0 Å². The summed E-state index contributed by atoms with van der Waals surface area (Å²) in [6.45, 7) is 2.60. The summed E-state index contributed by atoms with van der Waals surface area (Å²) in [5.74, 6) is -0.368. The van der Waals surface area contributed by atoms with Gasteiger partial charge in [-0.3, -0.25) is 0 Å². The molecule has 1 aliphatic carbocycles. The topological polar surface area (TPSA) is 69.6 Å². The lowest BCUT2D eigenvalue weighted by molar-refractivity contribution is -0.145. The number of carboxylic acids is 1.